The highest BCUT2D eigenvalue weighted by atomic mass is 35.5. The average molecular weight is 605 g/mol. The van der Waals surface area contributed by atoms with E-state index in [2.05, 4.69) is 14.8 Å². The Morgan fingerprint density at radius 3 is 1.67 bits per heavy atom. The summed E-state index contributed by atoms with van der Waals surface area (Å²) in [6.07, 6.45) is 0. The molecule has 0 heterocycles. The molecule has 0 atom stereocenters. The molecule has 0 saturated carbocycles. The van der Waals surface area contributed by atoms with Crippen LogP contribution in [0, 0.1) is 13.8 Å². The second kappa shape index (κ2) is 11.3. The van der Waals surface area contributed by atoms with E-state index in [1.807, 2.05) is 6.92 Å². The van der Waals surface area contributed by atoms with Crippen LogP contribution in [0.1, 0.15) is 21.5 Å². The number of halogens is 2. The van der Waals surface area contributed by atoms with Crippen LogP contribution in [0.5, 0.6) is 0 Å². The van der Waals surface area contributed by atoms with Crippen molar-refractivity contribution in [3.63, 3.8) is 0 Å². The van der Waals surface area contributed by atoms with Gasteiger partial charge in [-0.15, -0.1) is 0 Å². The van der Waals surface area contributed by atoms with Gasteiger partial charge in [-0.3, -0.25) is 14.2 Å². The molecular weight excluding hydrogens is 581 g/mol. The number of amides is 1. The first-order valence-electron chi connectivity index (χ1n) is 11.4. The lowest BCUT2D eigenvalue weighted by Gasteiger charge is -2.12. The van der Waals surface area contributed by atoms with Gasteiger partial charge in [0.15, 0.2) is 0 Å². The lowest BCUT2D eigenvalue weighted by atomic mass is 10.2. The third-order valence-electron chi connectivity index (χ3n) is 5.64. The molecule has 0 aliphatic carbocycles. The van der Waals surface area contributed by atoms with Gasteiger partial charge >= 0.3 is 0 Å². The Labute approximate surface area is 237 Å². The minimum atomic E-state index is -3.90. The van der Waals surface area contributed by atoms with Gasteiger partial charge in [-0.2, -0.15) is 0 Å². The summed E-state index contributed by atoms with van der Waals surface area (Å²) in [6, 6.07) is 20.8. The van der Waals surface area contributed by atoms with Gasteiger partial charge in [0.2, 0.25) is 0 Å². The Balaban J connectivity index is 1.48. The number of carbonyl (C=O) groups excluding carboxylic acids is 1. The topological polar surface area (TPSA) is 121 Å². The molecule has 4 rings (SSSR count). The third kappa shape index (κ3) is 6.90. The minimum absolute atomic E-state index is 0.0235. The van der Waals surface area contributed by atoms with Crippen LogP contribution >= 0.6 is 23.2 Å². The van der Waals surface area contributed by atoms with Crippen molar-refractivity contribution in [1.82, 2.24) is 0 Å². The molecule has 0 unspecified atom stereocenters. The van der Waals surface area contributed by atoms with Gasteiger partial charge in [0.25, 0.3) is 26.0 Å². The fourth-order valence-corrected chi connectivity index (χ4v) is 5.96. The maximum atomic E-state index is 12.9. The molecule has 0 radical (unpaired) electrons. The van der Waals surface area contributed by atoms with E-state index in [1.165, 1.54) is 60.7 Å². The maximum absolute atomic E-state index is 12.9. The van der Waals surface area contributed by atoms with Gasteiger partial charge in [-0.1, -0.05) is 47.0 Å². The highest BCUT2D eigenvalue weighted by molar-refractivity contribution is 7.93. The van der Waals surface area contributed by atoms with Crippen LogP contribution < -0.4 is 14.8 Å². The van der Waals surface area contributed by atoms with Crippen molar-refractivity contribution in [2.24, 2.45) is 0 Å². The highest BCUT2D eigenvalue weighted by Gasteiger charge is 2.18. The Morgan fingerprint density at radius 1 is 0.615 bits per heavy atom. The summed E-state index contributed by atoms with van der Waals surface area (Å²) in [5, 5.41) is 3.17. The fourth-order valence-electron chi connectivity index (χ4n) is 3.48. The number of carbonyl (C=O) groups is 1. The molecule has 0 fully saturated rings. The Bertz CT molecular complexity index is 1760. The molecule has 0 bridgehead atoms. The predicted molar refractivity (Wildman–Crippen MR) is 155 cm³/mol. The normalized spacial score (nSPS) is 11.6. The number of benzene rings is 4. The number of hydrogen-bond donors (Lipinski definition) is 3. The van der Waals surface area contributed by atoms with Crippen molar-refractivity contribution in [3.8, 4) is 0 Å². The SMILES string of the molecule is Cc1ccc(S(=O)(=O)Nc2ccc(Cl)c(C(=O)Nc3ccc(S(=O)(=O)Nc4ccc(C)c(Cl)c4)cc3)c2)cc1. The lowest BCUT2D eigenvalue weighted by molar-refractivity contribution is 0.102. The first-order valence-corrected chi connectivity index (χ1v) is 15.2. The second-order valence-corrected chi connectivity index (χ2v) is 12.8. The summed E-state index contributed by atoms with van der Waals surface area (Å²) in [7, 11) is -7.79. The summed E-state index contributed by atoms with van der Waals surface area (Å²) in [6.45, 7) is 3.65. The predicted octanol–water partition coefficient (Wildman–Crippen LogP) is 6.46. The van der Waals surface area contributed by atoms with Crippen LogP contribution in [0.4, 0.5) is 17.1 Å². The number of aryl methyl sites for hydroxylation is 2. The highest BCUT2D eigenvalue weighted by Crippen LogP contribution is 2.26. The van der Waals surface area contributed by atoms with E-state index < -0.39 is 26.0 Å². The standard InChI is InChI=1S/C27H23Cl2N3O5S2/c1-17-3-10-22(11-4-17)38(34,35)31-20-9-14-25(28)24(15-20)27(33)30-19-7-12-23(13-8-19)39(36,37)32-21-6-5-18(2)26(29)16-21/h3-16,31-32H,1-2H3,(H,30,33). The van der Waals surface area contributed by atoms with Crippen molar-refractivity contribution in [3.05, 3.63) is 112 Å². The molecular formula is C27H23Cl2N3O5S2. The van der Waals surface area contributed by atoms with E-state index in [4.69, 9.17) is 23.2 Å². The molecule has 0 saturated heterocycles. The van der Waals surface area contributed by atoms with E-state index >= 15 is 0 Å². The third-order valence-corrected chi connectivity index (χ3v) is 9.17. The van der Waals surface area contributed by atoms with Crippen LogP contribution in [0.15, 0.2) is 94.7 Å². The summed E-state index contributed by atoms with van der Waals surface area (Å²) in [5.74, 6) is -0.612. The molecule has 39 heavy (non-hydrogen) atoms. The van der Waals surface area contributed by atoms with Crippen LogP contribution in [-0.2, 0) is 20.0 Å². The minimum Gasteiger partial charge on any atom is -0.322 e. The monoisotopic (exact) mass is 603 g/mol. The summed E-state index contributed by atoms with van der Waals surface area (Å²) >= 11 is 12.3. The van der Waals surface area contributed by atoms with Gasteiger partial charge in [0.1, 0.15) is 0 Å². The van der Waals surface area contributed by atoms with E-state index in [-0.39, 0.29) is 26.1 Å². The number of sulfonamides is 2. The van der Waals surface area contributed by atoms with Crippen LogP contribution in [0.3, 0.4) is 0 Å². The van der Waals surface area contributed by atoms with E-state index in [0.717, 1.165) is 11.1 Å². The molecule has 12 heteroatoms. The largest absolute Gasteiger partial charge is 0.322 e. The molecule has 0 aliphatic heterocycles. The second-order valence-electron chi connectivity index (χ2n) is 8.66. The van der Waals surface area contributed by atoms with Gasteiger partial charge in [0.05, 0.1) is 26.1 Å². The van der Waals surface area contributed by atoms with Crippen LogP contribution in [-0.4, -0.2) is 22.7 Å². The zero-order valence-corrected chi connectivity index (χ0v) is 23.8. The van der Waals surface area contributed by atoms with Crippen molar-refractivity contribution < 1.29 is 21.6 Å². The Morgan fingerprint density at radius 2 is 1.10 bits per heavy atom. The molecule has 0 spiro atoms. The lowest BCUT2D eigenvalue weighted by Crippen LogP contribution is -2.16. The molecule has 3 N–H and O–H groups in total. The number of rotatable bonds is 8. The molecule has 8 nitrogen and oxygen atoms in total. The number of hydrogen-bond acceptors (Lipinski definition) is 5. The summed E-state index contributed by atoms with van der Waals surface area (Å²) < 4.78 is 55.9. The van der Waals surface area contributed by atoms with Crippen molar-refractivity contribution in [2.45, 2.75) is 23.6 Å². The van der Waals surface area contributed by atoms with Crippen molar-refractivity contribution in [1.29, 1.82) is 0 Å². The molecule has 4 aromatic rings. The first-order chi connectivity index (χ1) is 18.3. The average Bonchev–Trinajstić information content (AvgIpc) is 2.87. The van der Waals surface area contributed by atoms with Gasteiger partial charge in [0, 0.05) is 16.4 Å². The molecule has 0 aliphatic rings. The molecule has 202 valence electrons. The quantitative estimate of drug-likeness (QED) is 0.213. The zero-order chi connectivity index (χ0) is 28.4. The van der Waals surface area contributed by atoms with E-state index in [9.17, 15) is 21.6 Å². The first kappa shape index (κ1) is 28.4. The van der Waals surface area contributed by atoms with E-state index in [1.54, 1.807) is 31.2 Å². The summed E-state index contributed by atoms with van der Waals surface area (Å²) in [4.78, 5) is 13.0. The molecule has 0 aromatic heterocycles. The molecule has 4 aromatic carbocycles. The van der Waals surface area contributed by atoms with E-state index in [0.29, 0.717) is 16.4 Å². The van der Waals surface area contributed by atoms with Crippen molar-refractivity contribution in [2.75, 3.05) is 14.8 Å². The van der Waals surface area contributed by atoms with Crippen molar-refractivity contribution >= 4 is 66.2 Å². The maximum Gasteiger partial charge on any atom is 0.261 e. The van der Waals surface area contributed by atoms with Gasteiger partial charge < -0.3 is 5.32 Å². The van der Waals surface area contributed by atoms with Gasteiger partial charge in [-0.05, 0) is 86.1 Å². The Hall–Kier alpha value is -3.57. The fraction of sp³-hybridized carbons (Fsp3) is 0.0741. The molecule has 1 amide bonds. The van der Waals surface area contributed by atoms with Gasteiger partial charge in [-0.25, -0.2) is 16.8 Å². The summed E-state index contributed by atoms with van der Waals surface area (Å²) in [5.41, 5.74) is 2.52. The van der Waals surface area contributed by atoms with Crippen LogP contribution in [0.2, 0.25) is 10.0 Å². The smallest absolute Gasteiger partial charge is 0.261 e. The number of anilines is 3. The Kier molecular flexibility index (Phi) is 8.22. The number of nitrogens with one attached hydrogen (secondary N) is 3. The zero-order valence-electron chi connectivity index (χ0n) is 20.7. The van der Waals surface area contributed by atoms with Crippen LogP contribution in [0.25, 0.3) is 0 Å².